The van der Waals surface area contributed by atoms with Gasteiger partial charge in [0.1, 0.15) is 10.6 Å². The van der Waals surface area contributed by atoms with Crippen LogP contribution < -0.4 is 0 Å². The minimum atomic E-state index is -4.67. The molecule has 4 nitrogen and oxygen atoms in total. The Morgan fingerprint density at radius 1 is 1.44 bits per heavy atom. The molecule has 0 amide bonds. The average Bonchev–Trinajstić information content (AvgIpc) is 2.25. The number of ketones is 1. The lowest BCUT2D eigenvalue weighted by Gasteiger charge is -2.10. The molecule has 0 aromatic heterocycles. The van der Waals surface area contributed by atoms with Crippen molar-refractivity contribution in [2.45, 2.75) is 17.9 Å². The highest BCUT2D eigenvalue weighted by atomic mass is 79.9. The molecule has 0 bridgehead atoms. The molecule has 0 saturated heterocycles. The summed E-state index contributed by atoms with van der Waals surface area (Å²) in [6.07, 6.45) is -4.67. The lowest BCUT2D eigenvalue weighted by atomic mass is 10.0. The Hall–Kier alpha value is -1.44. The normalized spacial score (nSPS) is 13.2. The van der Waals surface area contributed by atoms with Crippen LogP contribution in [0.3, 0.4) is 0 Å². The number of nitro groups is 1. The largest absolute Gasteiger partial charge is 0.416 e. The Bertz CT molecular complexity index is 502. The van der Waals surface area contributed by atoms with Gasteiger partial charge in [-0.25, -0.2) is 0 Å². The summed E-state index contributed by atoms with van der Waals surface area (Å²) in [5, 5.41) is 10.7. The molecule has 0 saturated carbocycles. The van der Waals surface area contributed by atoms with Crippen LogP contribution in [0.2, 0.25) is 0 Å². The third kappa shape index (κ3) is 3.06. The summed E-state index contributed by atoms with van der Waals surface area (Å²) in [6.45, 7) is 1.18. The number of rotatable bonds is 3. The van der Waals surface area contributed by atoms with Crippen molar-refractivity contribution in [2.75, 3.05) is 0 Å². The van der Waals surface area contributed by atoms with Crippen LogP contribution in [0.4, 0.5) is 18.9 Å². The first kappa shape index (κ1) is 14.6. The number of benzene rings is 1. The summed E-state index contributed by atoms with van der Waals surface area (Å²) in [6, 6.07) is 2.06. The Morgan fingerprint density at radius 3 is 2.39 bits per heavy atom. The first-order valence-corrected chi connectivity index (χ1v) is 5.56. The van der Waals surface area contributed by atoms with Crippen LogP contribution in [0, 0.1) is 10.1 Å². The third-order valence-electron chi connectivity index (χ3n) is 2.18. The molecule has 1 aromatic carbocycles. The zero-order chi connectivity index (χ0) is 14.1. The number of nitrogens with zero attached hydrogens (tertiary/aromatic N) is 1. The van der Waals surface area contributed by atoms with Gasteiger partial charge in [0.25, 0.3) is 5.69 Å². The molecule has 98 valence electrons. The van der Waals surface area contributed by atoms with E-state index in [4.69, 9.17) is 0 Å². The van der Waals surface area contributed by atoms with Gasteiger partial charge in [-0.3, -0.25) is 14.9 Å². The standard InChI is InChI=1S/C10H7BrF3NO3/c1-5(16)9(11)7-3-2-6(10(12,13)14)4-8(7)15(17)18/h2-4,9H,1H3. The Kier molecular flexibility index (Phi) is 4.10. The quantitative estimate of drug-likeness (QED) is 0.484. The summed E-state index contributed by atoms with van der Waals surface area (Å²) >= 11 is 2.91. The lowest BCUT2D eigenvalue weighted by molar-refractivity contribution is -0.385. The number of carbonyl (C=O) groups excluding carboxylic acids is 1. The van der Waals surface area contributed by atoms with E-state index >= 15 is 0 Å². The van der Waals surface area contributed by atoms with Crippen molar-refractivity contribution in [3.63, 3.8) is 0 Å². The van der Waals surface area contributed by atoms with E-state index in [0.717, 1.165) is 6.07 Å². The molecule has 0 spiro atoms. The molecule has 1 aromatic rings. The monoisotopic (exact) mass is 325 g/mol. The average molecular weight is 326 g/mol. The van der Waals surface area contributed by atoms with Crippen LogP contribution in [0.5, 0.6) is 0 Å². The van der Waals surface area contributed by atoms with Gasteiger partial charge in [0.15, 0.2) is 0 Å². The lowest BCUT2D eigenvalue weighted by Crippen LogP contribution is -2.09. The zero-order valence-corrected chi connectivity index (χ0v) is 10.6. The molecule has 0 fully saturated rings. The van der Waals surface area contributed by atoms with Gasteiger partial charge in [0, 0.05) is 6.07 Å². The first-order valence-electron chi connectivity index (χ1n) is 4.64. The fourth-order valence-electron chi connectivity index (χ4n) is 1.31. The van der Waals surface area contributed by atoms with E-state index in [-0.39, 0.29) is 5.56 Å². The third-order valence-corrected chi connectivity index (χ3v) is 3.32. The number of carbonyl (C=O) groups is 1. The van der Waals surface area contributed by atoms with E-state index < -0.39 is 33.0 Å². The van der Waals surface area contributed by atoms with Crippen molar-refractivity contribution in [2.24, 2.45) is 0 Å². The van der Waals surface area contributed by atoms with Crippen LogP contribution in [0.1, 0.15) is 22.9 Å². The van der Waals surface area contributed by atoms with E-state index in [1.54, 1.807) is 0 Å². The number of hydrogen-bond donors (Lipinski definition) is 0. The highest BCUT2D eigenvalue weighted by Gasteiger charge is 2.34. The Balaban J connectivity index is 3.39. The maximum Gasteiger partial charge on any atom is 0.416 e. The van der Waals surface area contributed by atoms with Gasteiger partial charge in [-0.2, -0.15) is 13.2 Å². The molecule has 0 heterocycles. The van der Waals surface area contributed by atoms with Crippen LogP contribution in [0.25, 0.3) is 0 Å². The maximum atomic E-state index is 12.4. The SMILES string of the molecule is CC(=O)C(Br)c1ccc(C(F)(F)F)cc1[N+](=O)[O-]. The van der Waals surface area contributed by atoms with Crippen molar-refractivity contribution in [3.05, 3.63) is 39.4 Å². The smallest absolute Gasteiger partial charge is 0.298 e. The summed E-state index contributed by atoms with van der Waals surface area (Å²) in [5.41, 5.74) is -1.95. The fourth-order valence-corrected chi connectivity index (χ4v) is 1.70. The maximum absolute atomic E-state index is 12.4. The molecular weight excluding hydrogens is 319 g/mol. The van der Waals surface area contributed by atoms with E-state index in [1.165, 1.54) is 6.92 Å². The molecule has 0 aliphatic rings. The van der Waals surface area contributed by atoms with Gasteiger partial charge in [0.05, 0.1) is 16.1 Å². The number of alkyl halides is 4. The summed E-state index contributed by atoms with van der Waals surface area (Å²) < 4.78 is 37.3. The molecule has 0 radical (unpaired) electrons. The second kappa shape index (κ2) is 5.05. The van der Waals surface area contributed by atoms with Crippen molar-refractivity contribution in [3.8, 4) is 0 Å². The minimum absolute atomic E-state index is 0.0968. The second-order valence-electron chi connectivity index (χ2n) is 3.50. The molecule has 18 heavy (non-hydrogen) atoms. The predicted octanol–water partition coefficient (Wildman–Crippen LogP) is 3.64. The van der Waals surface area contributed by atoms with Crippen molar-refractivity contribution in [1.82, 2.24) is 0 Å². The summed E-state index contributed by atoms with van der Waals surface area (Å²) in [5.74, 6) is -0.433. The van der Waals surface area contributed by atoms with Crippen molar-refractivity contribution in [1.29, 1.82) is 0 Å². The van der Waals surface area contributed by atoms with Gasteiger partial charge in [0.2, 0.25) is 0 Å². The van der Waals surface area contributed by atoms with Crippen molar-refractivity contribution >= 4 is 27.4 Å². The Labute approximate surface area is 108 Å². The van der Waals surface area contributed by atoms with Crippen LogP contribution in [-0.4, -0.2) is 10.7 Å². The van der Waals surface area contributed by atoms with Gasteiger partial charge in [-0.05, 0) is 19.1 Å². The topological polar surface area (TPSA) is 60.2 Å². The Morgan fingerprint density at radius 2 is 2.00 bits per heavy atom. The van der Waals surface area contributed by atoms with Crippen molar-refractivity contribution < 1.29 is 22.9 Å². The first-order chi connectivity index (χ1) is 8.14. The summed E-state index contributed by atoms with van der Waals surface area (Å²) in [4.78, 5) is 19.9. The second-order valence-corrected chi connectivity index (χ2v) is 4.42. The summed E-state index contributed by atoms with van der Waals surface area (Å²) in [7, 11) is 0. The molecule has 1 atom stereocenters. The molecule has 0 N–H and O–H groups in total. The zero-order valence-electron chi connectivity index (χ0n) is 8.99. The number of Topliss-reactive ketones (excluding diaryl/α,β-unsaturated/α-hetero) is 1. The van der Waals surface area contributed by atoms with E-state index in [2.05, 4.69) is 15.9 Å². The molecular formula is C10H7BrF3NO3. The van der Waals surface area contributed by atoms with E-state index in [1.807, 2.05) is 0 Å². The van der Waals surface area contributed by atoms with E-state index in [9.17, 15) is 28.1 Å². The van der Waals surface area contributed by atoms with E-state index in [0.29, 0.717) is 12.1 Å². The number of hydrogen-bond acceptors (Lipinski definition) is 3. The fraction of sp³-hybridized carbons (Fsp3) is 0.300. The number of nitro benzene ring substituents is 1. The van der Waals surface area contributed by atoms with Crippen LogP contribution in [-0.2, 0) is 11.0 Å². The van der Waals surface area contributed by atoms with Gasteiger partial charge >= 0.3 is 6.18 Å². The minimum Gasteiger partial charge on any atom is -0.298 e. The molecule has 8 heteroatoms. The predicted molar refractivity (Wildman–Crippen MR) is 60.4 cm³/mol. The van der Waals surface area contributed by atoms with Crippen LogP contribution in [0.15, 0.2) is 18.2 Å². The molecule has 0 aliphatic heterocycles. The molecule has 0 aliphatic carbocycles. The molecule has 1 rings (SSSR count). The highest BCUT2D eigenvalue weighted by molar-refractivity contribution is 9.09. The van der Waals surface area contributed by atoms with Gasteiger partial charge in [-0.1, -0.05) is 15.9 Å². The highest BCUT2D eigenvalue weighted by Crippen LogP contribution is 2.37. The van der Waals surface area contributed by atoms with Gasteiger partial charge < -0.3 is 0 Å². The van der Waals surface area contributed by atoms with Gasteiger partial charge in [-0.15, -0.1) is 0 Å². The molecule has 1 unspecified atom stereocenters. The van der Waals surface area contributed by atoms with Crippen LogP contribution >= 0.6 is 15.9 Å². The number of halogens is 4.